The molecule has 1 aliphatic heterocycles. The van der Waals surface area contributed by atoms with Gasteiger partial charge in [0.2, 0.25) is 5.91 Å². The molecule has 1 amide bonds. The molecule has 2 aliphatic rings. The fourth-order valence-electron chi connectivity index (χ4n) is 3.56. The molecule has 26 heavy (non-hydrogen) atoms. The van der Waals surface area contributed by atoms with Gasteiger partial charge in [-0.25, -0.2) is 4.98 Å². The van der Waals surface area contributed by atoms with Gasteiger partial charge < -0.3 is 16.0 Å². The molecular formula is C16H25Cl2N5O3. The van der Waals surface area contributed by atoms with Gasteiger partial charge in [0.05, 0.1) is 10.5 Å². The molecule has 0 radical (unpaired) electrons. The lowest BCUT2D eigenvalue weighted by molar-refractivity contribution is -0.385. The van der Waals surface area contributed by atoms with E-state index >= 15 is 0 Å². The van der Waals surface area contributed by atoms with Crippen LogP contribution in [-0.2, 0) is 4.79 Å². The number of amides is 1. The molecule has 1 aromatic heterocycles. The molecule has 8 nitrogen and oxygen atoms in total. The number of hydrogen-bond acceptors (Lipinski definition) is 6. The van der Waals surface area contributed by atoms with E-state index in [1.165, 1.54) is 12.3 Å². The summed E-state index contributed by atoms with van der Waals surface area (Å²) in [5, 5.41) is 13.9. The Labute approximate surface area is 164 Å². The van der Waals surface area contributed by atoms with E-state index in [2.05, 4.69) is 10.3 Å². The van der Waals surface area contributed by atoms with E-state index in [0.29, 0.717) is 18.9 Å². The molecule has 1 saturated carbocycles. The van der Waals surface area contributed by atoms with Gasteiger partial charge >= 0.3 is 0 Å². The minimum atomic E-state index is -0.696. The highest BCUT2D eigenvalue weighted by molar-refractivity contribution is 5.86. The van der Waals surface area contributed by atoms with E-state index in [9.17, 15) is 14.9 Å². The standard InChI is InChI=1S/C16H23N5O3.2ClH/c17-16(7-2-1-3-8-16)15(22)20-9-6-12(11-20)19-14-5-4-13(10-18-14)21(23)24;;/h4-5,10,12H,1-3,6-9,11,17H2,(H,18,19);2*1H. The molecule has 146 valence electrons. The second kappa shape index (κ2) is 9.34. The van der Waals surface area contributed by atoms with Crippen LogP contribution in [0.3, 0.4) is 0 Å². The zero-order valence-corrected chi connectivity index (χ0v) is 16.1. The Morgan fingerprint density at radius 2 is 2.00 bits per heavy atom. The van der Waals surface area contributed by atoms with E-state index in [4.69, 9.17) is 5.73 Å². The van der Waals surface area contributed by atoms with Crippen LogP contribution in [0.15, 0.2) is 18.3 Å². The number of rotatable bonds is 4. The summed E-state index contributed by atoms with van der Waals surface area (Å²) in [4.78, 5) is 28.8. The Balaban J connectivity index is 0.00000169. The van der Waals surface area contributed by atoms with Crippen LogP contribution < -0.4 is 11.1 Å². The molecule has 3 rings (SSSR count). The Bertz CT molecular complexity index is 623. The number of nitrogens with one attached hydrogen (secondary N) is 1. The van der Waals surface area contributed by atoms with Crippen LogP contribution >= 0.6 is 24.8 Å². The number of likely N-dealkylation sites (tertiary alicyclic amines) is 1. The van der Waals surface area contributed by atoms with Gasteiger partial charge in [-0.15, -0.1) is 24.8 Å². The Hall–Kier alpha value is -1.64. The molecular weight excluding hydrogens is 381 g/mol. The van der Waals surface area contributed by atoms with Gasteiger partial charge in [-0.2, -0.15) is 0 Å². The molecule has 2 fully saturated rings. The van der Waals surface area contributed by atoms with E-state index < -0.39 is 10.5 Å². The van der Waals surface area contributed by atoms with Crippen LogP contribution in [0.5, 0.6) is 0 Å². The summed E-state index contributed by atoms with van der Waals surface area (Å²) in [5.41, 5.74) is 5.61. The lowest BCUT2D eigenvalue weighted by Crippen LogP contribution is -2.56. The number of carbonyl (C=O) groups is 1. The number of carbonyl (C=O) groups excluding carboxylic acids is 1. The maximum Gasteiger partial charge on any atom is 0.287 e. The number of anilines is 1. The summed E-state index contributed by atoms with van der Waals surface area (Å²) in [6, 6.07) is 3.10. The number of nitro groups is 1. The molecule has 1 aliphatic carbocycles. The first-order chi connectivity index (χ1) is 11.5. The van der Waals surface area contributed by atoms with Crippen LogP contribution in [0.1, 0.15) is 38.5 Å². The van der Waals surface area contributed by atoms with Crippen molar-refractivity contribution >= 4 is 42.2 Å². The Morgan fingerprint density at radius 1 is 1.31 bits per heavy atom. The average molecular weight is 406 g/mol. The van der Waals surface area contributed by atoms with Crippen molar-refractivity contribution in [2.45, 2.75) is 50.1 Å². The molecule has 3 N–H and O–H groups in total. The van der Waals surface area contributed by atoms with Gasteiger partial charge in [0.25, 0.3) is 5.69 Å². The number of hydrogen-bond donors (Lipinski definition) is 2. The maximum atomic E-state index is 12.7. The van der Waals surface area contributed by atoms with Crippen molar-refractivity contribution in [3.8, 4) is 0 Å². The Kier molecular flexibility index (Phi) is 8.05. The predicted octanol–water partition coefficient (Wildman–Crippen LogP) is 2.51. The van der Waals surface area contributed by atoms with E-state index in [-0.39, 0.29) is 42.5 Å². The van der Waals surface area contributed by atoms with Crippen molar-refractivity contribution in [3.05, 3.63) is 28.4 Å². The maximum absolute atomic E-state index is 12.7. The van der Waals surface area contributed by atoms with Gasteiger partial charge in [0.1, 0.15) is 12.0 Å². The second-order valence-electron chi connectivity index (χ2n) is 6.76. The third kappa shape index (κ3) is 4.96. The zero-order valence-electron chi connectivity index (χ0n) is 14.4. The van der Waals surface area contributed by atoms with Crippen LogP contribution in [0.2, 0.25) is 0 Å². The number of nitrogens with two attached hydrogens (primary N) is 1. The molecule has 1 atom stereocenters. The molecule has 0 spiro atoms. The van der Waals surface area contributed by atoms with E-state index in [0.717, 1.165) is 38.5 Å². The fraction of sp³-hybridized carbons (Fsp3) is 0.625. The summed E-state index contributed by atoms with van der Waals surface area (Å²) < 4.78 is 0. The summed E-state index contributed by atoms with van der Waals surface area (Å²) in [6.07, 6.45) is 6.78. The predicted molar refractivity (Wildman–Crippen MR) is 104 cm³/mol. The van der Waals surface area contributed by atoms with Crippen LogP contribution in [0.4, 0.5) is 11.5 Å². The monoisotopic (exact) mass is 405 g/mol. The number of halogens is 2. The fourth-order valence-corrected chi connectivity index (χ4v) is 3.56. The van der Waals surface area contributed by atoms with Gasteiger partial charge in [0, 0.05) is 25.2 Å². The lowest BCUT2D eigenvalue weighted by atomic mass is 9.81. The lowest BCUT2D eigenvalue weighted by Gasteiger charge is -2.35. The topological polar surface area (TPSA) is 114 Å². The number of aromatic nitrogens is 1. The first-order valence-corrected chi connectivity index (χ1v) is 8.43. The Morgan fingerprint density at radius 3 is 2.58 bits per heavy atom. The van der Waals surface area contributed by atoms with Crippen LogP contribution in [-0.4, -0.2) is 45.4 Å². The highest BCUT2D eigenvalue weighted by Gasteiger charge is 2.40. The van der Waals surface area contributed by atoms with Crippen molar-refractivity contribution in [3.63, 3.8) is 0 Å². The molecule has 0 bridgehead atoms. The average Bonchev–Trinajstić information content (AvgIpc) is 3.03. The molecule has 1 aromatic rings. The van der Waals surface area contributed by atoms with Crippen LogP contribution in [0.25, 0.3) is 0 Å². The van der Waals surface area contributed by atoms with Gasteiger partial charge in [0.15, 0.2) is 0 Å². The smallest absolute Gasteiger partial charge is 0.287 e. The highest BCUT2D eigenvalue weighted by Crippen LogP contribution is 2.29. The van der Waals surface area contributed by atoms with Gasteiger partial charge in [-0.3, -0.25) is 14.9 Å². The SMILES string of the molecule is Cl.Cl.NC1(C(=O)N2CCC(Nc3ccc([N+](=O)[O-])cn3)C2)CCCCC1. The molecule has 1 saturated heterocycles. The quantitative estimate of drug-likeness (QED) is 0.587. The number of pyridine rings is 1. The minimum Gasteiger partial charge on any atom is -0.365 e. The third-order valence-corrected chi connectivity index (χ3v) is 4.96. The van der Waals surface area contributed by atoms with Gasteiger partial charge in [-0.1, -0.05) is 19.3 Å². The normalized spacial score (nSPS) is 21.3. The van der Waals surface area contributed by atoms with Crippen molar-refractivity contribution < 1.29 is 9.72 Å². The third-order valence-electron chi connectivity index (χ3n) is 4.96. The largest absolute Gasteiger partial charge is 0.365 e. The van der Waals surface area contributed by atoms with Gasteiger partial charge in [-0.05, 0) is 25.3 Å². The molecule has 2 heterocycles. The summed E-state index contributed by atoms with van der Waals surface area (Å²) >= 11 is 0. The van der Waals surface area contributed by atoms with E-state index in [1.54, 1.807) is 6.07 Å². The van der Waals surface area contributed by atoms with Crippen molar-refractivity contribution in [1.82, 2.24) is 9.88 Å². The first kappa shape index (κ1) is 22.4. The zero-order chi connectivity index (χ0) is 17.2. The highest BCUT2D eigenvalue weighted by atomic mass is 35.5. The second-order valence-corrected chi connectivity index (χ2v) is 6.76. The van der Waals surface area contributed by atoms with Crippen molar-refractivity contribution in [2.24, 2.45) is 5.73 Å². The van der Waals surface area contributed by atoms with Crippen LogP contribution in [0, 0.1) is 10.1 Å². The first-order valence-electron chi connectivity index (χ1n) is 8.43. The summed E-state index contributed by atoms with van der Waals surface area (Å²) in [6.45, 7) is 1.28. The summed E-state index contributed by atoms with van der Waals surface area (Å²) in [7, 11) is 0. The molecule has 10 heteroatoms. The van der Waals surface area contributed by atoms with Crippen molar-refractivity contribution in [2.75, 3.05) is 18.4 Å². The number of nitrogens with zero attached hydrogens (tertiary/aromatic N) is 3. The minimum absolute atomic E-state index is 0. The summed E-state index contributed by atoms with van der Waals surface area (Å²) in [5.74, 6) is 0.642. The molecule has 1 unspecified atom stereocenters. The molecule has 0 aromatic carbocycles. The van der Waals surface area contributed by atoms with Crippen molar-refractivity contribution in [1.29, 1.82) is 0 Å². The van der Waals surface area contributed by atoms with E-state index in [1.807, 2.05) is 4.90 Å².